The Kier molecular flexibility index (Phi) is 5.80. The average Bonchev–Trinajstić information content (AvgIpc) is 2.54. The van der Waals surface area contributed by atoms with Gasteiger partial charge in [0.05, 0.1) is 6.20 Å². The molecule has 1 aromatic rings. The zero-order chi connectivity index (χ0) is 12.0. The predicted octanol–water partition coefficient (Wildman–Crippen LogP) is 1.98. The molecular weight excluding hydrogens is 226 g/mol. The summed E-state index contributed by atoms with van der Waals surface area (Å²) >= 11 is 5.86. The van der Waals surface area contributed by atoms with Crippen molar-refractivity contribution in [3.8, 4) is 0 Å². The van der Waals surface area contributed by atoms with Crippen molar-refractivity contribution in [1.29, 1.82) is 0 Å². The first-order valence-electron chi connectivity index (χ1n) is 5.58. The molecule has 1 rings (SSSR count). The molecule has 0 saturated heterocycles. The number of imidazole rings is 1. The SMILES string of the molecule is CC(C)NCCCOCc1ncc(Cl)n1C. The van der Waals surface area contributed by atoms with E-state index in [1.54, 1.807) is 6.20 Å². The molecule has 5 heteroatoms. The lowest BCUT2D eigenvalue weighted by atomic mass is 10.3. The molecule has 0 spiro atoms. The summed E-state index contributed by atoms with van der Waals surface area (Å²) in [5.41, 5.74) is 0. The van der Waals surface area contributed by atoms with E-state index in [-0.39, 0.29) is 0 Å². The second kappa shape index (κ2) is 6.89. The van der Waals surface area contributed by atoms with E-state index < -0.39 is 0 Å². The summed E-state index contributed by atoms with van der Waals surface area (Å²) in [5.74, 6) is 0.863. The van der Waals surface area contributed by atoms with Crippen molar-refractivity contribution in [2.24, 2.45) is 7.05 Å². The Hall–Kier alpha value is -0.580. The molecule has 4 nitrogen and oxygen atoms in total. The molecule has 0 bridgehead atoms. The normalized spacial score (nSPS) is 11.3. The smallest absolute Gasteiger partial charge is 0.135 e. The lowest BCUT2D eigenvalue weighted by Gasteiger charge is -2.08. The van der Waals surface area contributed by atoms with Crippen molar-refractivity contribution in [2.75, 3.05) is 13.2 Å². The molecule has 1 heterocycles. The largest absolute Gasteiger partial charge is 0.373 e. The van der Waals surface area contributed by atoms with Crippen molar-refractivity contribution in [1.82, 2.24) is 14.9 Å². The molecule has 0 unspecified atom stereocenters. The highest BCUT2D eigenvalue weighted by atomic mass is 35.5. The molecule has 0 aliphatic heterocycles. The molecule has 0 atom stereocenters. The predicted molar refractivity (Wildman–Crippen MR) is 65.6 cm³/mol. The number of hydrogen-bond donors (Lipinski definition) is 1. The summed E-state index contributed by atoms with van der Waals surface area (Å²) in [6, 6.07) is 0.536. The van der Waals surface area contributed by atoms with Crippen LogP contribution in [0.25, 0.3) is 0 Å². The van der Waals surface area contributed by atoms with Gasteiger partial charge in [-0.05, 0) is 13.0 Å². The minimum absolute atomic E-state index is 0.519. The average molecular weight is 246 g/mol. The van der Waals surface area contributed by atoms with Gasteiger partial charge >= 0.3 is 0 Å². The van der Waals surface area contributed by atoms with Crippen LogP contribution in [0, 0.1) is 0 Å². The fourth-order valence-corrected chi connectivity index (χ4v) is 1.43. The van der Waals surface area contributed by atoms with Crippen molar-refractivity contribution in [2.45, 2.75) is 32.9 Å². The highest BCUT2D eigenvalue weighted by Gasteiger charge is 2.03. The van der Waals surface area contributed by atoms with Crippen LogP contribution in [0.4, 0.5) is 0 Å². The quantitative estimate of drug-likeness (QED) is 0.747. The molecule has 0 aliphatic rings. The fourth-order valence-electron chi connectivity index (χ4n) is 1.29. The van der Waals surface area contributed by atoms with Gasteiger partial charge < -0.3 is 14.6 Å². The summed E-state index contributed by atoms with van der Waals surface area (Å²) in [4.78, 5) is 4.15. The van der Waals surface area contributed by atoms with Gasteiger partial charge in [-0.1, -0.05) is 25.4 Å². The maximum absolute atomic E-state index is 5.86. The number of nitrogens with one attached hydrogen (secondary N) is 1. The molecule has 1 aromatic heterocycles. The molecule has 0 fully saturated rings. The number of hydrogen-bond acceptors (Lipinski definition) is 3. The van der Waals surface area contributed by atoms with Gasteiger partial charge in [0.1, 0.15) is 17.6 Å². The summed E-state index contributed by atoms with van der Waals surface area (Å²) in [5, 5.41) is 3.98. The molecule has 16 heavy (non-hydrogen) atoms. The van der Waals surface area contributed by atoms with Gasteiger partial charge in [-0.25, -0.2) is 4.98 Å². The standard InChI is InChI=1S/C11H20ClN3O/c1-9(2)13-5-4-6-16-8-11-14-7-10(12)15(11)3/h7,9,13H,4-6,8H2,1-3H3. The van der Waals surface area contributed by atoms with Crippen LogP contribution in [0.5, 0.6) is 0 Å². The van der Waals surface area contributed by atoms with Crippen LogP contribution in [0.2, 0.25) is 5.15 Å². The maximum atomic E-state index is 5.86. The lowest BCUT2D eigenvalue weighted by Crippen LogP contribution is -2.24. The molecular formula is C11H20ClN3O. The molecule has 0 aliphatic carbocycles. The van der Waals surface area contributed by atoms with E-state index in [0.717, 1.165) is 25.4 Å². The molecule has 0 amide bonds. The summed E-state index contributed by atoms with van der Waals surface area (Å²) in [7, 11) is 1.88. The van der Waals surface area contributed by atoms with Crippen LogP contribution in [-0.4, -0.2) is 28.7 Å². The number of ether oxygens (including phenoxy) is 1. The van der Waals surface area contributed by atoms with Gasteiger partial charge in [-0.2, -0.15) is 0 Å². The maximum Gasteiger partial charge on any atom is 0.135 e. The number of rotatable bonds is 7. The first-order chi connectivity index (χ1) is 7.61. The van der Waals surface area contributed by atoms with Gasteiger partial charge in [-0.3, -0.25) is 0 Å². The highest BCUT2D eigenvalue weighted by Crippen LogP contribution is 2.09. The van der Waals surface area contributed by atoms with E-state index in [4.69, 9.17) is 16.3 Å². The molecule has 0 saturated carbocycles. The van der Waals surface area contributed by atoms with Gasteiger partial charge in [-0.15, -0.1) is 0 Å². The second-order valence-corrected chi connectivity index (χ2v) is 4.46. The number of halogens is 1. The molecule has 1 N–H and O–H groups in total. The summed E-state index contributed by atoms with van der Waals surface area (Å²) < 4.78 is 7.34. The van der Waals surface area contributed by atoms with Gasteiger partial charge in [0.25, 0.3) is 0 Å². The van der Waals surface area contributed by atoms with E-state index in [9.17, 15) is 0 Å². The zero-order valence-electron chi connectivity index (χ0n) is 10.2. The van der Waals surface area contributed by atoms with E-state index in [1.807, 2.05) is 11.6 Å². The second-order valence-electron chi connectivity index (χ2n) is 4.07. The zero-order valence-corrected chi connectivity index (χ0v) is 10.9. The molecule has 92 valence electrons. The van der Waals surface area contributed by atoms with Crippen LogP contribution < -0.4 is 5.32 Å². The Bertz CT molecular complexity index is 312. The van der Waals surface area contributed by atoms with Crippen molar-refractivity contribution >= 4 is 11.6 Å². The Morgan fingerprint density at radius 3 is 2.88 bits per heavy atom. The van der Waals surface area contributed by atoms with Gasteiger partial charge in [0.15, 0.2) is 0 Å². The Balaban J connectivity index is 2.10. The topological polar surface area (TPSA) is 39.1 Å². The minimum atomic E-state index is 0.519. The minimum Gasteiger partial charge on any atom is -0.373 e. The Morgan fingerprint density at radius 2 is 2.31 bits per heavy atom. The summed E-state index contributed by atoms with van der Waals surface area (Å²) in [6.45, 7) is 6.52. The Labute approximate surface area is 102 Å². The molecule has 0 radical (unpaired) electrons. The van der Waals surface area contributed by atoms with E-state index >= 15 is 0 Å². The first-order valence-corrected chi connectivity index (χ1v) is 5.96. The number of nitrogens with zero attached hydrogens (tertiary/aromatic N) is 2. The monoisotopic (exact) mass is 245 g/mol. The van der Waals surface area contributed by atoms with Crippen LogP contribution in [0.3, 0.4) is 0 Å². The third-order valence-electron chi connectivity index (χ3n) is 2.28. The van der Waals surface area contributed by atoms with Crippen LogP contribution >= 0.6 is 11.6 Å². The number of aromatic nitrogens is 2. The third-order valence-corrected chi connectivity index (χ3v) is 2.63. The van der Waals surface area contributed by atoms with Crippen LogP contribution in [-0.2, 0) is 18.4 Å². The highest BCUT2D eigenvalue weighted by molar-refractivity contribution is 6.29. The van der Waals surface area contributed by atoms with Crippen molar-refractivity contribution in [3.63, 3.8) is 0 Å². The fraction of sp³-hybridized carbons (Fsp3) is 0.727. The van der Waals surface area contributed by atoms with Crippen LogP contribution in [0.15, 0.2) is 6.20 Å². The van der Waals surface area contributed by atoms with Crippen molar-refractivity contribution in [3.05, 3.63) is 17.2 Å². The van der Waals surface area contributed by atoms with E-state index in [1.165, 1.54) is 0 Å². The van der Waals surface area contributed by atoms with Gasteiger partial charge in [0.2, 0.25) is 0 Å². The third kappa shape index (κ3) is 4.51. The lowest BCUT2D eigenvalue weighted by molar-refractivity contribution is 0.111. The first kappa shape index (κ1) is 13.5. The van der Waals surface area contributed by atoms with E-state index in [0.29, 0.717) is 17.8 Å². The Morgan fingerprint density at radius 1 is 1.56 bits per heavy atom. The summed E-state index contributed by atoms with van der Waals surface area (Å²) in [6.07, 6.45) is 2.65. The van der Waals surface area contributed by atoms with Crippen LogP contribution in [0.1, 0.15) is 26.1 Å². The van der Waals surface area contributed by atoms with Gasteiger partial charge in [0, 0.05) is 19.7 Å². The molecule has 0 aromatic carbocycles. The van der Waals surface area contributed by atoms with E-state index in [2.05, 4.69) is 24.1 Å². The van der Waals surface area contributed by atoms with Crippen molar-refractivity contribution < 1.29 is 4.74 Å².